The molecule has 0 fully saturated rings. The Morgan fingerprint density at radius 3 is 2.00 bits per heavy atom. The molecule has 80 valence electrons. The van der Waals surface area contributed by atoms with Crippen LogP contribution >= 0.6 is 0 Å². The molecule has 0 heterocycles. The van der Waals surface area contributed by atoms with Crippen molar-refractivity contribution < 1.29 is 31.6 Å². The van der Waals surface area contributed by atoms with Gasteiger partial charge in [-0.15, -0.1) is 0 Å². The normalized spacial score (nSPS) is 11.7. The third kappa shape index (κ3) is 3.10. The quantitative estimate of drug-likeness (QED) is 0.698. The van der Waals surface area contributed by atoms with Crippen LogP contribution in [-0.2, 0) is 38.2 Å². The molecule has 0 aromatic heterocycles. The summed E-state index contributed by atoms with van der Waals surface area (Å²) in [6.07, 6.45) is 0. The molecule has 15 heavy (non-hydrogen) atoms. The zero-order valence-electron chi connectivity index (χ0n) is 7.87. The maximum absolute atomic E-state index is 10.6. The van der Waals surface area contributed by atoms with Gasteiger partial charge in [0, 0.05) is 0 Å². The molecule has 0 unspecified atom stereocenters. The Balaban J connectivity index is 2.66. The summed E-state index contributed by atoms with van der Waals surface area (Å²) in [4.78, 5) is 31.8. The van der Waals surface area contributed by atoms with Crippen LogP contribution in [0.15, 0.2) is 30.3 Å². The van der Waals surface area contributed by atoms with Crippen molar-refractivity contribution in [2.24, 2.45) is 0 Å². The second-order valence-electron chi connectivity index (χ2n) is 2.73. The van der Waals surface area contributed by atoms with Crippen molar-refractivity contribution in [3.05, 3.63) is 35.9 Å². The van der Waals surface area contributed by atoms with Crippen molar-refractivity contribution >= 4 is 15.4 Å². The molecule has 0 aliphatic heterocycles. The van der Waals surface area contributed by atoms with Gasteiger partial charge in [0.05, 0.1) is 0 Å². The van der Waals surface area contributed by atoms with Crippen LogP contribution in [0.4, 0.5) is 0 Å². The summed E-state index contributed by atoms with van der Waals surface area (Å²) in [6.45, 7) is 0.108. The summed E-state index contributed by atoms with van der Waals surface area (Å²) in [7, 11) is 0. The van der Waals surface area contributed by atoms with Gasteiger partial charge in [0.2, 0.25) is 0 Å². The third-order valence-electron chi connectivity index (χ3n) is 1.72. The number of rotatable bonds is 6. The third-order valence-corrected chi connectivity index (χ3v) is 3.95. The fraction of sp³-hybridized carbons (Fsp3) is 0.100. The van der Waals surface area contributed by atoms with E-state index in [2.05, 4.69) is 0 Å². The number of hydrogen-bond donors (Lipinski definition) is 0. The first-order valence-electron chi connectivity index (χ1n) is 4.13. The molecule has 0 aliphatic rings. The molecular formula is C10H10CrO4. The molecule has 5 heteroatoms. The van der Waals surface area contributed by atoms with Crippen LogP contribution < -0.4 is 0 Å². The summed E-state index contributed by atoms with van der Waals surface area (Å²) in [5, 5.41) is 1.04. The van der Waals surface area contributed by atoms with E-state index in [4.69, 9.17) is 3.79 Å². The Bertz CT molecular complexity index is 328. The standard InChI is InChI=1S/C7H7O.3CHO.Cr/c8-6-7-4-2-1-3-5-7;3*1-2;/h1-5H,6H2;3*1H;/q-1;;;;+1. The van der Waals surface area contributed by atoms with Gasteiger partial charge in [-0.2, -0.15) is 0 Å². The first-order valence-corrected chi connectivity index (χ1v) is 6.86. The minimum atomic E-state index is -3.63. The number of hydrogen-bond acceptors (Lipinski definition) is 4. The van der Waals surface area contributed by atoms with Gasteiger partial charge in [-0.25, -0.2) is 0 Å². The van der Waals surface area contributed by atoms with E-state index >= 15 is 0 Å². The average molecular weight is 246 g/mol. The van der Waals surface area contributed by atoms with Crippen molar-refractivity contribution in [3.8, 4) is 0 Å². The molecule has 0 bridgehead atoms. The first kappa shape index (κ1) is 11.8. The van der Waals surface area contributed by atoms with Crippen molar-refractivity contribution in [1.29, 1.82) is 0 Å². The summed E-state index contributed by atoms with van der Waals surface area (Å²) in [5.74, 6) is 0. The van der Waals surface area contributed by atoms with E-state index in [1.165, 1.54) is 0 Å². The Kier molecular flexibility index (Phi) is 4.38. The molecule has 0 radical (unpaired) electrons. The van der Waals surface area contributed by atoms with Crippen LogP contribution in [0.1, 0.15) is 5.56 Å². The molecule has 1 aromatic carbocycles. The fourth-order valence-electron chi connectivity index (χ4n) is 0.896. The molecule has 4 nitrogen and oxygen atoms in total. The van der Waals surface area contributed by atoms with Crippen LogP contribution in [0.5, 0.6) is 0 Å². The van der Waals surface area contributed by atoms with E-state index in [9.17, 15) is 14.4 Å². The molecular weight excluding hydrogens is 236 g/mol. The topological polar surface area (TPSA) is 60.4 Å². The van der Waals surface area contributed by atoms with Crippen molar-refractivity contribution in [3.63, 3.8) is 0 Å². The van der Waals surface area contributed by atoms with Gasteiger partial charge in [-0.1, -0.05) is 0 Å². The molecule has 0 aliphatic carbocycles. The Morgan fingerprint density at radius 2 is 1.53 bits per heavy atom. The zero-order valence-corrected chi connectivity index (χ0v) is 9.14. The van der Waals surface area contributed by atoms with E-state index < -0.39 is 13.4 Å². The summed E-state index contributed by atoms with van der Waals surface area (Å²) >= 11 is -3.63. The summed E-state index contributed by atoms with van der Waals surface area (Å²) in [6, 6.07) is 9.05. The number of carbonyl (C=O) groups is 3. The monoisotopic (exact) mass is 246 g/mol. The molecule has 1 rings (SSSR count). The van der Waals surface area contributed by atoms with Crippen LogP contribution in [-0.4, -0.2) is 15.4 Å². The summed E-state index contributed by atoms with van der Waals surface area (Å²) < 4.78 is 5.12. The van der Waals surface area contributed by atoms with Gasteiger partial charge in [0.1, 0.15) is 0 Å². The van der Waals surface area contributed by atoms with Crippen molar-refractivity contribution in [1.82, 2.24) is 0 Å². The molecule has 0 saturated carbocycles. The summed E-state index contributed by atoms with van der Waals surface area (Å²) in [5.41, 5.74) is 0.824. The van der Waals surface area contributed by atoms with Crippen molar-refractivity contribution in [2.45, 2.75) is 6.61 Å². The second kappa shape index (κ2) is 5.57. The van der Waals surface area contributed by atoms with Crippen LogP contribution in [0.3, 0.4) is 0 Å². The number of carbonyl (C=O) groups excluding carboxylic acids is 3. The Hall–Kier alpha value is -1.28. The maximum atomic E-state index is 10.6. The minimum absolute atomic E-state index is 0.108. The molecule has 0 spiro atoms. The van der Waals surface area contributed by atoms with E-state index in [0.29, 0.717) is 15.4 Å². The van der Waals surface area contributed by atoms with Gasteiger partial charge in [0.15, 0.2) is 0 Å². The van der Waals surface area contributed by atoms with Crippen molar-refractivity contribution in [2.75, 3.05) is 0 Å². The average Bonchev–Trinajstić information content (AvgIpc) is 2.33. The van der Waals surface area contributed by atoms with Gasteiger partial charge in [0.25, 0.3) is 0 Å². The zero-order chi connectivity index (χ0) is 11.1. The molecule has 0 N–H and O–H groups in total. The van der Waals surface area contributed by atoms with Gasteiger partial charge >= 0.3 is 89.5 Å². The first-order chi connectivity index (χ1) is 7.26. The van der Waals surface area contributed by atoms with Crippen LogP contribution in [0, 0.1) is 0 Å². The van der Waals surface area contributed by atoms with Gasteiger partial charge in [-0.05, 0) is 0 Å². The molecule has 0 amide bonds. The Labute approximate surface area is 89.9 Å². The van der Waals surface area contributed by atoms with E-state index in [-0.39, 0.29) is 6.61 Å². The molecule has 0 atom stereocenters. The SMILES string of the molecule is O=[CH][Cr]([CH]=O)([CH]=O)[O]Cc1ccccc1. The van der Waals surface area contributed by atoms with Crippen LogP contribution in [0.2, 0.25) is 0 Å². The predicted octanol–water partition coefficient (Wildman–Crippen LogP) is 0.843. The second-order valence-corrected chi connectivity index (χ2v) is 6.18. The predicted molar refractivity (Wildman–Crippen MR) is 51.5 cm³/mol. The van der Waals surface area contributed by atoms with E-state index in [1.807, 2.05) is 18.2 Å². The van der Waals surface area contributed by atoms with E-state index in [1.54, 1.807) is 12.1 Å². The van der Waals surface area contributed by atoms with E-state index in [0.717, 1.165) is 5.56 Å². The van der Waals surface area contributed by atoms with Gasteiger partial charge < -0.3 is 0 Å². The molecule has 0 saturated heterocycles. The Morgan fingerprint density at radius 1 is 1.00 bits per heavy atom. The fourth-order valence-corrected chi connectivity index (χ4v) is 1.90. The van der Waals surface area contributed by atoms with Gasteiger partial charge in [-0.3, -0.25) is 0 Å². The van der Waals surface area contributed by atoms with Crippen LogP contribution in [0.25, 0.3) is 0 Å². The molecule has 1 aromatic rings. The number of benzene rings is 1.